The number of benzene rings is 2. The molecule has 2 unspecified atom stereocenters. The summed E-state index contributed by atoms with van der Waals surface area (Å²) < 4.78 is 13.1. The lowest BCUT2D eigenvalue weighted by molar-refractivity contribution is -0.140. The zero-order valence-corrected chi connectivity index (χ0v) is 20.1. The number of nitrogens with zero attached hydrogens (tertiary/aromatic N) is 2. The molecule has 3 aromatic rings. The lowest BCUT2D eigenvalue weighted by atomic mass is 9.86. The maximum absolute atomic E-state index is 13.9. The van der Waals surface area contributed by atoms with Crippen LogP contribution in [0, 0.1) is 11.7 Å². The second-order valence-corrected chi connectivity index (χ2v) is 9.81. The lowest BCUT2D eigenvalue weighted by Gasteiger charge is -2.36. The number of aromatic amines is 1. The highest BCUT2D eigenvalue weighted by Gasteiger charge is 2.61. The number of amides is 4. The van der Waals surface area contributed by atoms with Gasteiger partial charge in [0, 0.05) is 24.0 Å². The van der Waals surface area contributed by atoms with Crippen molar-refractivity contribution in [2.24, 2.45) is 5.92 Å². The van der Waals surface area contributed by atoms with Gasteiger partial charge in [0.25, 0.3) is 5.91 Å². The monoisotopic (exact) mass is 476 g/mol. The average molecular weight is 477 g/mol. The molecule has 2 atom stereocenters. The molecule has 3 heterocycles. The molecule has 1 saturated heterocycles. The third-order valence-corrected chi connectivity index (χ3v) is 7.30. The number of hydrogen-bond donors (Lipinski definition) is 2. The molecule has 1 aromatic heterocycles. The molecule has 5 rings (SSSR count). The molecule has 0 radical (unpaired) electrons. The van der Waals surface area contributed by atoms with Crippen LogP contribution in [0.2, 0.25) is 0 Å². The van der Waals surface area contributed by atoms with E-state index in [4.69, 9.17) is 0 Å². The summed E-state index contributed by atoms with van der Waals surface area (Å²) in [7, 11) is 0. The smallest absolute Gasteiger partial charge is 0.328 e. The average Bonchev–Trinajstić information content (AvgIpc) is 3.30. The minimum absolute atomic E-state index is 0.277. The Hall–Kier alpha value is -3.68. The predicted molar refractivity (Wildman–Crippen MR) is 130 cm³/mol. The van der Waals surface area contributed by atoms with E-state index in [1.807, 2.05) is 38.1 Å². The maximum atomic E-state index is 13.9. The molecule has 35 heavy (non-hydrogen) atoms. The number of fused-ring (bicyclic) bond motifs is 5. The first kappa shape index (κ1) is 23.1. The Labute approximate surface area is 203 Å². The van der Waals surface area contributed by atoms with Crippen molar-refractivity contribution in [1.29, 1.82) is 0 Å². The third kappa shape index (κ3) is 3.59. The van der Waals surface area contributed by atoms with Crippen LogP contribution in [0.25, 0.3) is 10.9 Å². The van der Waals surface area contributed by atoms with Gasteiger partial charge in [0.15, 0.2) is 5.54 Å². The Balaban J connectivity index is 1.41. The summed E-state index contributed by atoms with van der Waals surface area (Å²) in [5, 5.41) is 3.93. The van der Waals surface area contributed by atoms with Gasteiger partial charge in [-0.05, 0) is 55.0 Å². The van der Waals surface area contributed by atoms with Gasteiger partial charge in [-0.1, -0.05) is 44.2 Å². The summed E-state index contributed by atoms with van der Waals surface area (Å²) in [6.07, 6.45) is 1.15. The number of hydrogen-bond acceptors (Lipinski definition) is 3. The van der Waals surface area contributed by atoms with Crippen LogP contribution in [0.3, 0.4) is 0 Å². The van der Waals surface area contributed by atoms with Crippen molar-refractivity contribution < 1.29 is 18.8 Å². The van der Waals surface area contributed by atoms with Gasteiger partial charge in [-0.3, -0.25) is 9.59 Å². The molecule has 8 heteroatoms. The van der Waals surface area contributed by atoms with Gasteiger partial charge < -0.3 is 15.2 Å². The Morgan fingerprint density at radius 2 is 1.86 bits per heavy atom. The SMILES string of the molecule is CC(C)C(C(=O)NCCc1ccc(F)cc1)N1C(=O)N2CCc3c([nH]c4ccccc34)C2(C)C1=O. The molecule has 182 valence electrons. The van der Waals surface area contributed by atoms with Crippen LogP contribution in [-0.2, 0) is 28.0 Å². The minimum Gasteiger partial charge on any atom is -0.356 e. The van der Waals surface area contributed by atoms with E-state index >= 15 is 0 Å². The maximum Gasteiger partial charge on any atom is 0.328 e. The van der Waals surface area contributed by atoms with Crippen LogP contribution in [0.5, 0.6) is 0 Å². The summed E-state index contributed by atoms with van der Waals surface area (Å²) in [5.74, 6) is -1.35. The minimum atomic E-state index is -1.19. The normalized spacial score (nSPS) is 20.4. The van der Waals surface area contributed by atoms with Crippen molar-refractivity contribution in [3.63, 3.8) is 0 Å². The Bertz CT molecular complexity index is 1320. The van der Waals surface area contributed by atoms with Crippen LogP contribution in [0.15, 0.2) is 48.5 Å². The molecule has 2 aromatic carbocycles. The molecular formula is C27H29FN4O3. The number of para-hydroxylation sites is 1. The first-order chi connectivity index (χ1) is 16.7. The summed E-state index contributed by atoms with van der Waals surface area (Å²) in [4.78, 5) is 46.9. The van der Waals surface area contributed by atoms with Gasteiger partial charge in [-0.15, -0.1) is 0 Å². The van der Waals surface area contributed by atoms with Crippen molar-refractivity contribution in [2.75, 3.05) is 13.1 Å². The second-order valence-electron chi connectivity index (χ2n) is 9.81. The number of rotatable bonds is 6. The summed E-state index contributed by atoms with van der Waals surface area (Å²) in [5.41, 5.74) is 2.40. The van der Waals surface area contributed by atoms with E-state index in [1.165, 1.54) is 12.1 Å². The lowest BCUT2D eigenvalue weighted by Crippen LogP contribution is -2.53. The molecule has 1 fully saturated rings. The van der Waals surface area contributed by atoms with E-state index < -0.39 is 17.6 Å². The molecule has 0 bridgehead atoms. The van der Waals surface area contributed by atoms with Crippen LogP contribution in [-0.4, -0.2) is 51.8 Å². The van der Waals surface area contributed by atoms with Crippen LogP contribution < -0.4 is 5.32 Å². The van der Waals surface area contributed by atoms with Crippen LogP contribution >= 0.6 is 0 Å². The fourth-order valence-electron chi connectivity index (χ4n) is 5.47. The highest BCUT2D eigenvalue weighted by molar-refractivity contribution is 6.11. The number of H-pyrrole nitrogens is 1. The quantitative estimate of drug-likeness (QED) is 0.532. The van der Waals surface area contributed by atoms with Gasteiger partial charge in [0.05, 0.1) is 5.69 Å². The van der Waals surface area contributed by atoms with Crippen LogP contribution in [0.4, 0.5) is 9.18 Å². The van der Waals surface area contributed by atoms with Crippen molar-refractivity contribution in [3.8, 4) is 0 Å². The molecule has 4 amide bonds. The van der Waals surface area contributed by atoms with Crippen molar-refractivity contribution >= 4 is 28.7 Å². The number of carbonyl (C=O) groups is 3. The van der Waals surface area contributed by atoms with E-state index in [0.717, 1.165) is 32.6 Å². The molecule has 2 N–H and O–H groups in total. The van der Waals surface area contributed by atoms with E-state index in [0.29, 0.717) is 25.9 Å². The van der Waals surface area contributed by atoms with Crippen LogP contribution in [0.1, 0.15) is 37.6 Å². The van der Waals surface area contributed by atoms with Gasteiger partial charge in [-0.2, -0.15) is 0 Å². The van der Waals surface area contributed by atoms with E-state index in [1.54, 1.807) is 24.0 Å². The summed E-state index contributed by atoms with van der Waals surface area (Å²) in [6.45, 7) is 6.16. The van der Waals surface area contributed by atoms with Crippen molar-refractivity contribution in [2.45, 2.75) is 45.2 Å². The topological polar surface area (TPSA) is 85.5 Å². The van der Waals surface area contributed by atoms with Gasteiger partial charge in [-0.25, -0.2) is 14.1 Å². The Morgan fingerprint density at radius 3 is 2.57 bits per heavy atom. The van der Waals surface area contributed by atoms with Crippen molar-refractivity contribution in [3.05, 3.63) is 71.2 Å². The van der Waals surface area contributed by atoms with Gasteiger partial charge in [0.2, 0.25) is 5.91 Å². The third-order valence-electron chi connectivity index (χ3n) is 7.30. The van der Waals surface area contributed by atoms with Gasteiger partial charge in [0.1, 0.15) is 11.9 Å². The number of aromatic nitrogens is 1. The predicted octanol–water partition coefficient (Wildman–Crippen LogP) is 3.73. The zero-order chi connectivity index (χ0) is 24.9. The number of carbonyl (C=O) groups excluding carboxylic acids is 3. The zero-order valence-electron chi connectivity index (χ0n) is 20.1. The van der Waals surface area contributed by atoms with E-state index in [2.05, 4.69) is 10.3 Å². The van der Waals surface area contributed by atoms with Gasteiger partial charge >= 0.3 is 6.03 Å². The molecule has 0 spiro atoms. The summed E-state index contributed by atoms with van der Waals surface area (Å²) >= 11 is 0. The molecule has 0 saturated carbocycles. The molecule has 7 nitrogen and oxygen atoms in total. The fourth-order valence-corrected chi connectivity index (χ4v) is 5.47. The highest BCUT2D eigenvalue weighted by Crippen LogP contribution is 2.45. The first-order valence-corrected chi connectivity index (χ1v) is 12.0. The van der Waals surface area contributed by atoms with E-state index in [-0.39, 0.29) is 23.5 Å². The van der Waals surface area contributed by atoms with E-state index in [9.17, 15) is 18.8 Å². The highest BCUT2D eigenvalue weighted by atomic mass is 19.1. The Morgan fingerprint density at radius 1 is 1.14 bits per heavy atom. The number of urea groups is 1. The number of nitrogens with one attached hydrogen (secondary N) is 2. The number of halogens is 1. The molecule has 0 aliphatic carbocycles. The second kappa shape index (κ2) is 8.52. The standard InChI is InChI=1S/C27H29FN4O3/c1-16(2)22(24(33)29-14-12-17-8-10-18(28)11-9-17)32-25(34)27(3)23-20(13-15-31(27)26(32)35)19-6-4-5-7-21(19)30-23/h4-11,16,22,30H,12-15H2,1-3H3,(H,29,33). The molecular weight excluding hydrogens is 447 g/mol. The molecule has 2 aliphatic rings. The fraction of sp³-hybridized carbons (Fsp3) is 0.370. The largest absolute Gasteiger partial charge is 0.356 e. The van der Waals surface area contributed by atoms with Crippen molar-refractivity contribution in [1.82, 2.24) is 20.1 Å². The molecule has 2 aliphatic heterocycles. The first-order valence-electron chi connectivity index (χ1n) is 12.0. The Kier molecular flexibility index (Phi) is 5.62. The number of imide groups is 1. The summed E-state index contributed by atoms with van der Waals surface area (Å²) in [6, 6.07) is 12.6.